The van der Waals surface area contributed by atoms with Gasteiger partial charge in [-0.25, -0.2) is 4.79 Å². The zero-order valence-corrected chi connectivity index (χ0v) is 12.7. The van der Waals surface area contributed by atoms with Gasteiger partial charge in [-0.3, -0.25) is 4.79 Å². The first-order valence-corrected chi connectivity index (χ1v) is 7.02. The zero-order valence-electron chi connectivity index (χ0n) is 11.9. The second-order valence-electron chi connectivity index (χ2n) is 4.68. The molecule has 0 amide bonds. The first kappa shape index (κ1) is 15.3. The van der Waals surface area contributed by atoms with Crippen LogP contribution in [0.15, 0.2) is 41.3 Å². The SMILES string of the molecule is CCOC(=O)c1cc(C)cn(Cc2ccccc2Cl)c1=O. The normalized spacial score (nSPS) is 10.4. The van der Waals surface area contributed by atoms with Gasteiger partial charge in [0.2, 0.25) is 0 Å². The van der Waals surface area contributed by atoms with Gasteiger partial charge in [-0.1, -0.05) is 29.8 Å². The number of ether oxygens (including phenoxy) is 1. The molecule has 0 bridgehead atoms. The number of carbonyl (C=O) groups is 1. The molecule has 1 heterocycles. The van der Waals surface area contributed by atoms with E-state index in [1.54, 1.807) is 25.3 Å². The highest BCUT2D eigenvalue weighted by Gasteiger charge is 2.15. The molecule has 0 N–H and O–H groups in total. The van der Waals surface area contributed by atoms with Gasteiger partial charge in [-0.05, 0) is 37.1 Å². The Hall–Kier alpha value is -2.07. The van der Waals surface area contributed by atoms with E-state index < -0.39 is 5.97 Å². The number of aromatic nitrogens is 1. The van der Waals surface area contributed by atoms with Crippen LogP contribution in [0.5, 0.6) is 0 Å². The molecule has 21 heavy (non-hydrogen) atoms. The highest BCUT2D eigenvalue weighted by molar-refractivity contribution is 6.31. The molecule has 0 unspecified atom stereocenters. The fourth-order valence-electron chi connectivity index (χ4n) is 2.07. The summed E-state index contributed by atoms with van der Waals surface area (Å²) in [5, 5.41) is 0.587. The maximum absolute atomic E-state index is 12.4. The monoisotopic (exact) mass is 305 g/mol. The number of pyridine rings is 1. The number of halogens is 1. The van der Waals surface area contributed by atoms with Gasteiger partial charge < -0.3 is 9.30 Å². The number of esters is 1. The number of hydrogen-bond donors (Lipinski definition) is 0. The Bertz CT molecular complexity index is 722. The molecular formula is C16H16ClNO3. The van der Waals surface area contributed by atoms with Crippen molar-refractivity contribution < 1.29 is 9.53 Å². The molecule has 0 radical (unpaired) electrons. The summed E-state index contributed by atoms with van der Waals surface area (Å²) in [6.07, 6.45) is 1.70. The fourth-order valence-corrected chi connectivity index (χ4v) is 2.26. The lowest BCUT2D eigenvalue weighted by Crippen LogP contribution is -2.28. The summed E-state index contributed by atoms with van der Waals surface area (Å²) in [7, 11) is 0. The molecule has 4 nitrogen and oxygen atoms in total. The highest BCUT2D eigenvalue weighted by atomic mass is 35.5. The third-order valence-electron chi connectivity index (χ3n) is 3.02. The summed E-state index contributed by atoms with van der Waals surface area (Å²) >= 11 is 6.11. The molecule has 0 atom stereocenters. The number of aryl methyl sites for hydroxylation is 1. The lowest BCUT2D eigenvalue weighted by atomic mass is 10.2. The molecule has 2 aromatic rings. The van der Waals surface area contributed by atoms with E-state index in [1.807, 2.05) is 25.1 Å². The summed E-state index contributed by atoms with van der Waals surface area (Å²) in [5.74, 6) is -0.598. The summed E-state index contributed by atoms with van der Waals surface area (Å²) in [6, 6.07) is 8.84. The fraction of sp³-hybridized carbons (Fsp3) is 0.250. The van der Waals surface area contributed by atoms with Gasteiger partial charge in [0.1, 0.15) is 5.56 Å². The van der Waals surface area contributed by atoms with Crippen LogP contribution in [0.3, 0.4) is 0 Å². The number of benzene rings is 1. The first-order chi connectivity index (χ1) is 10.0. The van der Waals surface area contributed by atoms with Crippen molar-refractivity contribution in [1.29, 1.82) is 0 Å². The van der Waals surface area contributed by atoms with Crippen molar-refractivity contribution in [3.63, 3.8) is 0 Å². The minimum absolute atomic E-state index is 0.0453. The molecule has 0 fully saturated rings. The van der Waals surface area contributed by atoms with E-state index in [9.17, 15) is 9.59 Å². The maximum Gasteiger partial charge on any atom is 0.343 e. The van der Waals surface area contributed by atoms with Gasteiger partial charge in [0, 0.05) is 11.2 Å². The van der Waals surface area contributed by atoms with Crippen LogP contribution in [0.2, 0.25) is 5.02 Å². The maximum atomic E-state index is 12.4. The van der Waals surface area contributed by atoms with Crippen molar-refractivity contribution in [2.24, 2.45) is 0 Å². The summed E-state index contributed by atoms with van der Waals surface area (Å²) in [4.78, 5) is 24.2. The molecule has 0 spiro atoms. The van der Waals surface area contributed by atoms with E-state index in [2.05, 4.69) is 0 Å². The van der Waals surface area contributed by atoms with E-state index >= 15 is 0 Å². The Morgan fingerprint density at radius 2 is 2.05 bits per heavy atom. The van der Waals surface area contributed by atoms with Gasteiger partial charge in [-0.15, -0.1) is 0 Å². The van der Waals surface area contributed by atoms with Crippen LogP contribution in [0.1, 0.15) is 28.4 Å². The van der Waals surface area contributed by atoms with Crippen molar-refractivity contribution in [1.82, 2.24) is 4.57 Å². The molecule has 0 aliphatic heterocycles. The average molecular weight is 306 g/mol. The van der Waals surface area contributed by atoms with Gasteiger partial charge in [0.15, 0.2) is 0 Å². The second kappa shape index (κ2) is 6.59. The van der Waals surface area contributed by atoms with Crippen LogP contribution in [0.4, 0.5) is 0 Å². The highest BCUT2D eigenvalue weighted by Crippen LogP contribution is 2.16. The van der Waals surface area contributed by atoms with Crippen LogP contribution in [0, 0.1) is 6.92 Å². The van der Waals surface area contributed by atoms with Gasteiger partial charge in [-0.2, -0.15) is 0 Å². The quantitative estimate of drug-likeness (QED) is 0.816. The van der Waals surface area contributed by atoms with Crippen LogP contribution in [0.25, 0.3) is 0 Å². The zero-order chi connectivity index (χ0) is 15.4. The van der Waals surface area contributed by atoms with Crippen LogP contribution in [-0.2, 0) is 11.3 Å². The molecule has 5 heteroatoms. The topological polar surface area (TPSA) is 48.3 Å². The number of nitrogens with zero attached hydrogens (tertiary/aromatic N) is 1. The van der Waals surface area contributed by atoms with E-state index in [0.717, 1.165) is 11.1 Å². The predicted molar refractivity (Wildman–Crippen MR) is 81.9 cm³/mol. The molecule has 2 rings (SSSR count). The lowest BCUT2D eigenvalue weighted by molar-refractivity contribution is 0.0523. The van der Waals surface area contributed by atoms with Crippen LogP contribution < -0.4 is 5.56 Å². The molecule has 0 aliphatic rings. The van der Waals surface area contributed by atoms with E-state index in [-0.39, 0.29) is 17.7 Å². The number of rotatable bonds is 4. The summed E-state index contributed by atoms with van der Waals surface area (Å²) in [5.41, 5.74) is 1.30. The van der Waals surface area contributed by atoms with Gasteiger partial charge >= 0.3 is 5.97 Å². The van der Waals surface area contributed by atoms with E-state index in [0.29, 0.717) is 11.6 Å². The van der Waals surface area contributed by atoms with Crippen LogP contribution >= 0.6 is 11.6 Å². The minimum Gasteiger partial charge on any atom is -0.462 e. The summed E-state index contributed by atoms with van der Waals surface area (Å²) in [6.45, 7) is 4.07. The third kappa shape index (κ3) is 3.52. The Labute approximate surface area is 127 Å². The first-order valence-electron chi connectivity index (χ1n) is 6.64. The van der Waals surface area contributed by atoms with Crippen molar-refractivity contribution in [2.75, 3.05) is 6.61 Å². The molecule has 110 valence electrons. The van der Waals surface area contributed by atoms with Crippen molar-refractivity contribution in [3.8, 4) is 0 Å². The number of carbonyl (C=O) groups excluding carboxylic acids is 1. The third-order valence-corrected chi connectivity index (χ3v) is 3.39. The van der Waals surface area contributed by atoms with E-state index in [1.165, 1.54) is 4.57 Å². The average Bonchev–Trinajstić information content (AvgIpc) is 2.45. The molecule has 1 aromatic carbocycles. The van der Waals surface area contributed by atoms with Crippen molar-refractivity contribution in [3.05, 3.63) is 68.6 Å². The van der Waals surface area contributed by atoms with Crippen molar-refractivity contribution >= 4 is 17.6 Å². The molecular weight excluding hydrogens is 290 g/mol. The standard InChI is InChI=1S/C16H16ClNO3/c1-3-21-16(20)13-8-11(2)9-18(15(13)19)10-12-6-4-5-7-14(12)17/h4-9H,3,10H2,1-2H3. The predicted octanol–water partition coefficient (Wildman–Crippen LogP) is 3.04. The summed E-state index contributed by atoms with van der Waals surface area (Å²) < 4.78 is 6.39. The van der Waals surface area contributed by atoms with Gasteiger partial charge in [0.25, 0.3) is 5.56 Å². The molecule has 1 aromatic heterocycles. The Morgan fingerprint density at radius 3 is 2.71 bits per heavy atom. The van der Waals surface area contributed by atoms with Crippen molar-refractivity contribution in [2.45, 2.75) is 20.4 Å². The molecule has 0 saturated carbocycles. The van der Waals surface area contributed by atoms with Gasteiger partial charge in [0.05, 0.1) is 13.2 Å². The Balaban J connectivity index is 2.43. The second-order valence-corrected chi connectivity index (χ2v) is 5.08. The smallest absolute Gasteiger partial charge is 0.343 e. The van der Waals surface area contributed by atoms with Crippen LogP contribution in [-0.4, -0.2) is 17.1 Å². The lowest BCUT2D eigenvalue weighted by Gasteiger charge is -2.11. The number of hydrogen-bond acceptors (Lipinski definition) is 3. The largest absolute Gasteiger partial charge is 0.462 e. The molecule has 0 aliphatic carbocycles. The van der Waals surface area contributed by atoms with E-state index in [4.69, 9.17) is 16.3 Å². The Morgan fingerprint density at radius 1 is 1.33 bits per heavy atom. The minimum atomic E-state index is -0.598. The molecule has 0 saturated heterocycles. The Kier molecular flexibility index (Phi) is 4.81.